The predicted octanol–water partition coefficient (Wildman–Crippen LogP) is 3.96. The summed E-state index contributed by atoms with van der Waals surface area (Å²) in [6.07, 6.45) is 0. The number of amides is 1. The van der Waals surface area contributed by atoms with Crippen LogP contribution >= 0.6 is 23.2 Å². The fourth-order valence-corrected chi connectivity index (χ4v) is 2.13. The molecule has 1 amide bonds. The molecule has 0 heterocycles. The molecule has 0 aliphatic rings. The summed E-state index contributed by atoms with van der Waals surface area (Å²) in [7, 11) is 1.43. The molecule has 0 fully saturated rings. The van der Waals surface area contributed by atoms with Gasteiger partial charge in [0.2, 0.25) is 0 Å². The van der Waals surface area contributed by atoms with Crippen LogP contribution in [0.2, 0.25) is 10.0 Å². The van der Waals surface area contributed by atoms with Gasteiger partial charge in [0.05, 0.1) is 22.8 Å². The summed E-state index contributed by atoms with van der Waals surface area (Å²) in [5, 5.41) is 12.9. The molecule has 4 nitrogen and oxygen atoms in total. The molecule has 2 N–H and O–H groups in total. The third-order valence-electron chi connectivity index (χ3n) is 2.64. The van der Waals surface area contributed by atoms with Crippen molar-refractivity contribution in [2.24, 2.45) is 0 Å². The van der Waals surface area contributed by atoms with Crippen LogP contribution in [0.5, 0.6) is 11.5 Å². The summed E-state index contributed by atoms with van der Waals surface area (Å²) < 4.78 is 4.91. The third kappa shape index (κ3) is 2.98. The molecule has 0 aromatic heterocycles. The van der Waals surface area contributed by atoms with Gasteiger partial charge in [-0.15, -0.1) is 0 Å². The maximum Gasteiger partial charge on any atom is 0.255 e. The van der Waals surface area contributed by atoms with Crippen LogP contribution in [-0.4, -0.2) is 18.1 Å². The van der Waals surface area contributed by atoms with E-state index in [9.17, 15) is 9.90 Å². The number of phenols is 1. The summed E-state index contributed by atoms with van der Waals surface area (Å²) in [4.78, 5) is 12.1. The summed E-state index contributed by atoms with van der Waals surface area (Å²) in [6.45, 7) is 0. The minimum Gasteiger partial charge on any atom is -0.504 e. The van der Waals surface area contributed by atoms with Gasteiger partial charge in [0.15, 0.2) is 11.5 Å². The number of anilines is 1. The number of rotatable bonds is 3. The van der Waals surface area contributed by atoms with Crippen molar-refractivity contribution in [3.63, 3.8) is 0 Å². The molecular formula is C14H11Cl2NO3. The van der Waals surface area contributed by atoms with E-state index in [-0.39, 0.29) is 17.1 Å². The molecule has 2 rings (SSSR count). The number of phenolic OH excluding ortho intramolecular Hbond substituents is 1. The van der Waals surface area contributed by atoms with Crippen LogP contribution in [0.25, 0.3) is 0 Å². The lowest BCUT2D eigenvalue weighted by Crippen LogP contribution is -2.12. The minimum atomic E-state index is -0.432. The van der Waals surface area contributed by atoms with E-state index < -0.39 is 5.91 Å². The number of carbonyl (C=O) groups is 1. The molecule has 2 aromatic rings. The van der Waals surface area contributed by atoms with Gasteiger partial charge in [-0.1, -0.05) is 29.3 Å². The van der Waals surface area contributed by atoms with Gasteiger partial charge < -0.3 is 15.2 Å². The highest BCUT2D eigenvalue weighted by atomic mass is 35.5. The monoisotopic (exact) mass is 311 g/mol. The number of aromatic hydroxyl groups is 1. The van der Waals surface area contributed by atoms with Crippen LogP contribution in [0, 0.1) is 0 Å². The Labute approximate surface area is 125 Å². The minimum absolute atomic E-state index is 0.120. The van der Waals surface area contributed by atoms with Gasteiger partial charge in [0, 0.05) is 5.56 Å². The van der Waals surface area contributed by atoms with Gasteiger partial charge in [-0.3, -0.25) is 4.79 Å². The summed E-state index contributed by atoms with van der Waals surface area (Å²) in [5.41, 5.74) is 0.593. The molecule has 0 saturated heterocycles. The highest BCUT2D eigenvalue weighted by Crippen LogP contribution is 2.31. The van der Waals surface area contributed by atoms with Gasteiger partial charge >= 0.3 is 0 Å². The SMILES string of the molecule is COc1ccc(C(=O)Nc2c(Cl)cccc2Cl)cc1O. The smallest absolute Gasteiger partial charge is 0.255 e. The molecule has 0 saturated carbocycles. The molecule has 0 aliphatic carbocycles. The Morgan fingerprint density at radius 1 is 1.20 bits per heavy atom. The molecule has 104 valence electrons. The zero-order valence-electron chi connectivity index (χ0n) is 10.5. The van der Waals surface area contributed by atoms with E-state index in [1.54, 1.807) is 18.2 Å². The molecule has 2 aromatic carbocycles. The van der Waals surface area contributed by atoms with Gasteiger partial charge in [-0.25, -0.2) is 0 Å². The number of hydrogen-bond donors (Lipinski definition) is 2. The van der Waals surface area contributed by atoms with Crippen molar-refractivity contribution in [2.75, 3.05) is 12.4 Å². The third-order valence-corrected chi connectivity index (χ3v) is 3.27. The van der Waals surface area contributed by atoms with Crippen molar-refractivity contribution in [3.8, 4) is 11.5 Å². The van der Waals surface area contributed by atoms with E-state index in [0.717, 1.165) is 0 Å². The van der Waals surface area contributed by atoms with E-state index in [2.05, 4.69) is 5.32 Å². The Bertz CT molecular complexity index is 639. The summed E-state index contributed by atoms with van der Waals surface area (Å²) in [6, 6.07) is 9.25. The Balaban J connectivity index is 2.26. The average Bonchev–Trinajstić information content (AvgIpc) is 2.42. The van der Waals surface area contributed by atoms with Crippen LogP contribution < -0.4 is 10.1 Å². The second-order valence-electron chi connectivity index (χ2n) is 3.94. The van der Waals surface area contributed by atoms with E-state index in [1.165, 1.54) is 25.3 Å². The zero-order chi connectivity index (χ0) is 14.7. The first-order chi connectivity index (χ1) is 9.52. The van der Waals surface area contributed by atoms with E-state index in [1.807, 2.05) is 0 Å². The standard InChI is InChI=1S/C14H11Cl2NO3/c1-20-12-6-5-8(7-11(12)18)14(19)17-13-9(15)3-2-4-10(13)16/h2-7,18H,1H3,(H,17,19). The number of ether oxygens (including phenoxy) is 1. The van der Waals surface area contributed by atoms with Crippen LogP contribution in [0.15, 0.2) is 36.4 Å². The van der Waals surface area contributed by atoms with Crippen LogP contribution in [0.1, 0.15) is 10.4 Å². The highest BCUT2D eigenvalue weighted by Gasteiger charge is 2.13. The highest BCUT2D eigenvalue weighted by molar-refractivity contribution is 6.40. The maximum atomic E-state index is 12.1. The molecule has 0 unspecified atom stereocenters. The Kier molecular flexibility index (Phi) is 4.37. The van der Waals surface area contributed by atoms with Crippen molar-refractivity contribution in [1.82, 2.24) is 0 Å². The molecule has 6 heteroatoms. The second-order valence-corrected chi connectivity index (χ2v) is 4.75. The largest absolute Gasteiger partial charge is 0.504 e. The maximum absolute atomic E-state index is 12.1. The lowest BCUT2D eigenvalue weighted by atomic mass is 10.2. The Morgan fingerprint density at radius 3 is 2.40 bits per heavy atom. The fourth-order valence-electron chi connectivity index (χ4n) is 1.63. The zero-order valence-corrected chi connectivity index (χ0v) is 12.0. The van der Waals surface area contributed by atoms with Crippen molar-refractivity contribution >= 4 is 34.8 Å². The predicted molar refractivity (Wildman–Crippen MR) is 79.1 cm³/mol. The van der Waals surface area contributed by atoms with Crippen molar-refractivity contribution < 1.29 is 14.6 Å². The van der Waals surface area contributed by atoms with Gasteiger partial charge in [-0.2, -0.15) is 0 Å². The molecule has 0 spiro atoms. The van der Waals surface area contributed by atoms with E-state index in [4.69, 9.17) is 27.9 Å². The van der Waals surface area contributed by atoms with Crippen molar-refractivity contribution in [2.45, 2.75) is 0 Å². The van der Waals surface area contributed by atoms with Crippen LogP contribution in [-0.2, 0) is 0 Å². The van der Waals surface area contributed by atoms with Crippen molar-refractivity contribution in [3.05, 3.63) is 52.0 Å². The van der Waals surface area contributed by atoms with Crippen LogP contribution in [0.4, 0.5) is 5.69 Å². The van der Waals surface area contributed by atoms with E-state index in [0.29, 0.717) is 15.7 Å². The normalized spacial score (nSPS) is 10.2. The first-order valence-corrected chi connectivity index (χ1v) is 6.41. The first kappa shape index (κ1) is 14.5. The van der Waals surface area contributed by atoms with Gasteiger partial charge in [0.1, 0.15) is 0 Å². The Morgan fingerprint density at radius 2 is 1.85 bits per heavy atom. The van der Waals surface area contributed by atoms with Crippen molar-refractivity contribution in [1.29, 1.82) is 0 Å². The second kappa shape index (κ2) is 6.03. The van der Waals surface area contributed by atoms with E-state index >= 15 is 0 Å². The number of nitrogens with one attached hydrogen (secondary N) is 1. The first-order valence-electron chi connectivity index (χ1n) is 5.65. The van der Waals surface area contributed by atoms with Crippen LogP contribution in [0.3, 0.4) is 0 Å². The number of benzene rings is 2. The molecule has 0 radical (unpaired) electrons. The molecule has 0 aliphatic heterocycles. The number of hydrogen-bond acceptors (Lipinski definition) is 3. The lowest BCUT2D eigenvalue weighted by molar-refractivity contribution is 0.102. The Hall–Kier alpha value is -1.91. The number of methoxy groups -OCH3 is 1. The summed E-state index contributed by atoms with van der Waals surface area (Å²) in [5.74, 6) is -0.263. The number of halogens is 2. The summed E-state index contributed by atoms with van der Waals surface area (Å²) >= 11 is 11.9. The molecule has 0 bridgehead atoms. The molecule has 0 atom stereocenters. The fraction of sp³-hybridized carbons (Fsp3) is 0.0714. The average molecular weight is 312 g/mol. The molecular weight excluding hydrogens is 301 g/mol. The lowest BCUT2D eigenvalue weighted by Gasteiger charge is -2.10. The number of para-hydroxylation sites is 1. The molecule has 20 heavy (non-hydrogen) atoms. The van der Waals surface area contributed by atoms with Gasteiger partial charge in [0.25, 0.3) is 5.91 Å². The topological polar surface area (TPSA) is 58.6 Å². The quantitative estimate of drug-likeness (QED) is 0.902. The van der Waals surface area contributed by atoms with Gasteiger partial charge in [-0.05, 0) is 30.3 Å². The number of carbonyl (C=O) groups excluding carboxylic acids is 1.